The molecule has 1 N–H and O–H groups in total. The van der Waals surface area contributed by atoms with Crippen LogP contribution in [0.25, 0.3) is 0 Å². The molecule has 0 fully saturated rings. The highest BCUT2D eigenvalue weighted by molar-refractivity contribution is 7.09. The van der Waals surface area contributed by atoms with Crippen LogP contribution in [0.1, 0.15) is 32.5 Å². The van der Waals surface area contributed by atoms with Gasteiger partial charge in [-0.1, -0.05) is 0 Å². The Kier molecular flexibility index (Phi) is 5.18. The van der Waals surface area contributed by atoms with Gasteiger partial charge in [0.05, 0.1) is 6.10 Å². The van der Waals surface area contributed by atoms with Gasteiger partial charge in [0.15, 0.2) is 0 Å². The Hall–Kier alpha value is -1.17. The maximum atomic E-state index is 11.2. The summed E-state index contributed by atoms with van der Waals surface area (Å²) in [6.07, 6.45) is 1.14. The van der Waals surface area contributed by atoms with Gasteiger partial charge in [-0.05, 0) is 27.2 Å². The number of nitrogens with one attached hydrogen (secondary N) is 1. The van der Waals surface area contributed by atoms with Crippen molar-refractivity contribution >= 4 is 22.6 Å². The quantitative estimate of drug-likeness (QED) is 0.611. The molecule has 5 nitrogen and oxygen atoms in total. The maximum Gasteiger partial charge on any atom is 0.306 e. The molecule has 0 bridgehead atoms. The standard InChI is InChI=1S/C10H17N3O2S/c1-7(2)15-9(14)5-4-6-11-10-12-8(3)13-16-10/h7H,4-6H2,1-3H3,(H,11,12,13). The summed E-state index contributed by atoms with van der Waals surface area (Å²) in [4.78, 5) is 15.3. The van der Waals surface area contributed by atoms with E-state index < -0.39 is 0 Å². The molecule has 90 valence electrons. The van der Waals surface area contributed by atoms with Gasteiger partial charge in [0, 0.05) is 24.5 Å². The minimum absolute atomic E-state index is 0.0359. The zero-order valence-corrected chi connectivity index (χ0v) is 10.6. The van der Waals surface area contributed by atoms with Gasteiger partial charge in [-0.2, -0.15) is 4.37 Å². The lowest BCUT2D eigenvalue weighted by molar-refractivity contribution is -0.147. The number of aryl methyl sites for hydroxylation is 1. The van der Waals surface area contributed by atoms with Gasteiger partial charge < -0.3 is 10.1 Å². The van der Waals surface area contributed by atoms with Crippen LogP contribution in [-0.2, 0) is 9.53 Å². The number of anilines is 1. The van der Waals surface area contributed by atoms with Crippen molar-refractivity contribution in [1.82, 2.24) is 9.36 Å². The van der Waals surface area contributed by atoms with Crippen LogP contribution in [0.4, 0.5) is 5.13 Å². The van der Waals surface area contributed by atoms with Crippen molar-refractivity contribution in [3.63, 3.8) is 0 Å². The monoisotopic (exact) mass is 243 g/mol. The Balaban J connectivity index is 2.10. The van der Waals surface area contributed by atoms with Crippen molar-refractivity contribution in [2.45, 2.75) is 39.7 Å². The van der Waals surface area contributed by atoms with Crippen LogP contribution in [0, 0.1) is 6.92 Å². The summed E-state index contributed by atoms with van der Waals surface area (Å²) in [6.45, 7) is 6.25. The van der Waals surface area contributed by atoms with Gasteiger partial charge in [0.25, 0.3) is 0 Å². The smallest absolute Gasteiger partial charge is 0.306 e. The SMILES string of the molecule is Cc1nsc(NCCCC(=O)OC(C)C)n1. The normalized spacial score (nSPS) is 10.5. The van der Waals surface area contributed by atoms with Gasteiger partial charge in [0.2, 0.25) is 5.13 Å². The third-order valence-electron chi connectivity index (χ3n) is 1.73. The molecule has 0 aliphatic rings. The van der Waals surface area contributed by atoms with E-state index >= 15 is 0 Å². The van der Waals surface area contributed by atoms with E-state index in [4.69, 9.17) is 4.74 Å². The molecule has 0 saturated carbocycles. The predicted octanol–water partition coefficient (Wildman–Crippen LogP) is 1.99. The minimum atomic E-state index is -0.148. The molecular weight excluding hydrogens is 226 g/mol. The number of esters is 1. The van der Waals surface area contributed by atoms with Crippen molar-refractivity contribution in [3.8, 4) is 0 Å². The molecule has 0 spiro atoms. The van der Waals surface area contributed by atoms with Crippen molar-refractivity contribution in [2.24, 2.45) is 0 Å². The Labute approximate surface area is 99.4 Å². The second-order valence-corrected chi connectivity index (χ2v) is 4.47. The highest BCUT2D eigenvalue weighted by Gasteiger charge is 2.05. The highest BCUT2D eigenvalue weighted by Crippen LogP contribution is 2.09. The zero-order chi connectivity index (χ0) is 12.0. The summed E-state index contributed by atoms with van der Waals surface area (Å²) in [5.74, 6) is 0.622. The number of nitrogens with zero attached hydrogens (tertiary/aromatic N) is 2. The summed E-state index contributed by atoms with van der Waals surface area (Å²) < 4.78 is 9.06. The molecule has 1 aromatic rings. The summed E-state index contributed by atoms with van der Waals surface area (Å²) in [6, 6.07) is 0. The van der Waals surface area contributed by atoms with E-state index in [0.717, 1.165) is 17.4 Å². The number of hydrogen-bond acceptors (Lipinski definition) is 6. The van der Waals surface area contributed by atoms with Crippen molar-refractivity contribution in [2.75, 3.05) is 11.9 Å². The lowest BCUT2D eigenvalue weighted by atomic mass is 10.3. The molecule has 1 aromatic heterocycles. The van der Waals surface area contributed by atoms with E-state index in [2.05, 4.69) is 14.7 Å². The van der Waals surface area contributed by atoms with Crippen LogP contribution < -0.4 is 5.32 Å². The molecule has 1 heterocycles. The number of ether oxygens (including phenoxy) is 1. The van der Waals surface area contributed by atoms with Gasteiger partial charge in [0.1, 0.15) is 5.82 Å². The van der Waals surface area contributed by atoms with E-state index in [1.165, 1.54) is 11.5 Å². The molecule has 1 rings (SSSR count). The fraction of sp³-hybridized carbons (Fsp3) is 0.700. The third kappa shape index (κ3) is 5.06. The maximum absolute atomic E-state index is 11.2. The van der Waals surface area contributed by atoms with Gasteiger partial charge >= 0.3 is 5.97 Å². The average Bonchev–Trinajstić information content (AvgIpc) is 2.58. The first-order valence-corrected chi connectivity index (χ1v) is 6.09. The zero-order valence-electron chi connectivity index (χ0n) is 9.82. The van der Waals surface area contributed by atoms with Crippen LogP contribution in [0.15, 0.2) is 0 Å². The topological polar surface area (TPSA) is 64.1 Å². The predicted molar refractivity (Wildman–Crippen MR) is 63.6 cm³/mol. The number of aromatic nitrogens is 2. The van der Waals surface area contributed by atoms with E-state index in [-0.39, 0.29) is 12.1 Å². The fourth-order valence-corrected chi connectivity index (χ4v) is 1.72. The molecule has 0 aliphatic carbocycles. The van der Waals surface area contributed by atoms with E-state index in [9.17, 15) is 4.79 Å². The molecule has 0 atom stereocenters. The minimum Gasteiger partial charge on any atom is -0.463 e. The number of carbonyl (C=O) groups is 1. The molecule has 6 heteroatoms. The summed E-state index contributed by atoms with van der Waals surface area (Å²) in [5, 5.41) is 3.91. The number of carbonyl (C=O) groups excluding carboxylic acids is 1. The van der Waals surface area contributed by atoms with Crippen LogP contribution in [0.3, 0.4) is 0 Å². The summed E-state index contributed by atoms with van der Waals surface area (Å²) in [7, 11) is 0. The molecule has 0 aromatic carbocycles. The molecule has 0 aliphatic heterocycles. The van der Waals surface area contributed by atoms with Gasteiger partial charge in [-0.25, -0.2) is 4.98 Å². The van der Waals surface area contributed by atoms with E-state index in [1.807, 2.05) is 20.8 Å². The first-order valence-electron chi connectivity index (χ1n) is 5.31. The number of hydrogen-bond donors (Lipinski definition) is 1. The van der Waals surface area contributed by atoms with Crippen molar-refractivity contribution in [3.05, 3.63) is 5.82 Å². The van der Waals surface area contributed by atoms with E-state index in [1.54, 1.807) is 0 Å². The first kappa shape index (κ1) is 12.9. The second kappa shape index (κ2) is 6.42. The lowest BCUT2D eigenvalue weighted by Gasteiger charge is -2.07. The average molecular weight is 243 g/mol. The van der Waals surface area contributed by atoms with Gasteiger partial charge in [-0.3, -0.25) is 4.79 Å². The third-order valence-corrected chi connectivity index (χ3v) is 2.49. The lowest BCUT2D eigenvalue weighted by Crippen LogP contribution is -2.12. The first-order chi connectivity index (χ1) is 7.58. The molecule has 0 radical (unpaired) electrons. The largest absolute Gasteiger partial charge is 0.463 e. The van der Waals surface area contributed by atoms with Crippen molar-refractivity contribution < 1.29 is 9.53 Å². The molecule has 0 saturated heterocycles. The molecule has 0 amide bonds. The summed E-state index contributed by atoms with van der Waals surface area (Å²) >= 11 is 1.33. The van der Waals surface area contributed by atoms with Crippen molar-refractivity contribution in [1.29, 1.82) is 0 Å². The highest BCUT2D eigenvalue weighted by atomic mass is 32.1. The van der Waals surface area contributed by atoms with Crippen LogP contribution >= 0.6 is 11.5 Å². The fourth-order valence-electron chi connectivity index (χ4n) is 1.12. The van der Waals surface area contributed by atoms with E-state index in [0.29, 0.717) is 13.0 Å². The van der Waals surface area contributed by atoms with Crippen LogP contribution in [0.5, 0.6) is 0 Å². The summed E-state index contributed by atoms with van der Waals surface area (Å²) in [5.41, 5.74) is 0. The van der Waals surface area contributed by atoms with Crippen LogP contribution in [-0.4, -0.2) is 28.0 Å². The second-order valence-electron chi connectivity index (χ2n) is 3.72. The molecular formula is C10H17N3O2S. The Morgan fingerprint density at radius 2 is 2.31 bits per heavy atom. The Bertz CT molecular complexity index is 339. The number of rotatable bonds is 6. The molecule has 16 heavy (non-hydrogen) atoms. The van der Waals surface area contributed by atoms with Gasteiger partial charge in [-0.15, -0.1) is 0 Å². The Morgan fingerprint density at radius 3 is 2.88 bits per heavy atom. The van der Waals surface area contributed by atoms with Crippen LogP contribution in [0.2, 0.25) is 0 Å². The molecule has 0 unspecified atom stereocenters. The Morgan fingerprint density at radius 1 is 1.56 bits per heavy atom.